The molecule has 1 saturated heterocycles. The lowest BCUT2D eigenvalue weighted by molar-refractivity contribution is -0.120. The van der Waals surface area contributed by atoms with Crippen molar-refractivity contribution in [3.8, 4) is 0 Å². The van der Waals surface area contributed by atoms with Gasteiger partial charge in [-0.2, -0.15) is 0 Å². The third-order valence-electron chi connectivity index (χ3n) is 5.53. The highest BCUT2D eigenvalue weighted by Crippen LogP contribution is 2.35. The van der Waals surface area contributed by atoms with E-state index in [0.717, 1.165) is 48.6 Å². The molecule has 150 valence electrons. The highest BCUT2D eigenvalue weighted by molar-refractivity contribution is 6.06. The summed E-state index contributed by atoms with van der Waals surface area (Å²) >= 11 is 0. The number of carbonyl (C=O) groups is 1. The van der Waals surface area contributed by atoms with Gasteiger partial charge in [0.25, 0.3) is 0 Å². The van der Waals surface area contributed by atoms with E-state index in [1.165, 1.54) is 12.8 Å². The van der Waals surface area contributed by atoms with Gasteiger partial charge in [0.15, 0.2) is 0 Å². The number of aliphatic imine (C=N–C) groups is 1. The maximum absolute atomic E-state index is 12.9. The molecular formula is C24H28N4O. The number of nitrogens with zero attached hydrogens (tertiary/aromatic N) is 2. The van der Waals surface area contributed by atoms with E-state index in [9.17, 15) is 4.79 Å². The third kappa shape index (κ3) is 4.74. The molecule has 2 aliphatic heterocycles. The van der Waals surface area contributed by atoms with Crippen LogP contribution in [0.2, 0.25) is 0 Å². The molecule has 0 spiro atoms. The highest BCUT2D eigenvalue weighted by atomic mass is 16.2. The molecule has 2 heterocycles. The maximum Gasteiger partial charge on any atom is 0.239 e. The molecule has 1 amide bonds. The number of nitrogens with one attached hydrogen (secondary N) is 2. The molecule has 2 aromatic rings. The SMILES string of the molecule is C=C1Nc2ccccc2N=C(NC(=O)CN2CCCCCC2)C1c1ccccc1. The van der Waals surface area contributed by atoms with Crippen LogP contribution in [0.1, 0.15) is 37.2 Å². The van der Waals surface area contributed by atoms with E-state index >= 15 is 0 Å². The summed E-state index contributed by atoms with van der Waals surface area (Å²) in [5, 5.41) is 6.51. The molecule has 1 fully saturated rings. The molecular weight excluding hydrogens is 360 g/mol. The summed E-state index contributed by atoms with van der Waals surface area (Å²) in [5.74, 6) is 0.383. The van der Waals surface area contributed by atoms with Crippen LogP contribution in [-0.2, 0) is 4.79 Å². The molecule has 0 bridgehead atoms. The zero-order valence-corrected chi connectivity index (χ0v) is 16.7. The van der Waals surface area contributed by atoms with Crippen molar-refractivity contribution in [1.29, 1.82) is 0 Å². The summed E-state index contributed by atoms with van der Waals surface area (Å²) in [6.45, 7) is 6.64. The van der Waals surface area contributed by atoms with Gasteiger partial charge in [0.2, 0.25) is 5.91 Å². The molecule has 2 aliphatic rings. The number of rotatable bonds is 3. The molecule has 0 saturated carbocycles. The first kappa shape index (κ1) is 19.4. The summed E-state index contributed by atoms with van der Waals surface area (Å²) in [7, 11) is 0. The first-order valence-corrected chi connectivity index (χ1v) is 10.4. The van der Waals surface area contributed by atoms with Gasteiger partial charge in [-0.1, -0.05) is 61.9 Å². The van der Waals surface area contributed by atoms with Gasteiger partial charge in [0.1, 0.15) is 5.84 Å². The normalized spacial score (nSPS) is 19.9. The van der Waals surface area contributed by atoms with Crippen molar-refractivity contribution in [2.24, 2.45) is 4.99 Å². The van der Waals surface area contributed by atoms with Gasteiger partial charge in [0, 0.05) is 5.70 Å². The number of amides is 1. The number of para-hydroxylation sites is 2. The van der Waals surface area contributed by atoms with E-state index in [1.807, 2.05) is 54.6 Å². The topological polar surface area (TPSA) is 56.7 Å². The lowest BCUT2D eigenvalue weighted by Crippen LogP contribution is -2.42. The number of fused-ring (bicyclic) bond motifs is 1. The van der Waals surface area contributed by atoms with Gasteiger partial charge in [-0.15, -0.1) is 0 Å². The van der Waals surface area contributed by atoms with Gasteiger partial charge in [0.05, 0.1) is 23.8 Å². The largest absolute Gasteiger partial charge is 0.357 e. The predicted molar refractivity (Wildman–Crippen MR) is 119 cm³/mol. The summed E-state index contributed by atoms with van der Waals surface area (Å²) < 4.78 is 0. The summed E-state index contributed by atoms with van der Waals surface area (Å²) in [5.41, 5.74) is 3.55. The second-order valence-corrected chi connectivity index (χ2v) is 7.75. The van der Waals surface area contributed by atoms with Crippen molar-refractivity contribution in [3.05, 3.63) is 72.4 Å². The number of benzene rings is 2. The molecule has 5 nitrogen and oxygen atoms in total. The first-order valence-electron chi connectivity index (χ1n) is 10.4. The monoisotopic (exact) mass is 388 g/mol. The van der Waals surface area contributed by atoms with E-state index in [2.05, 4.69) is 22.1 Å². The molecule has 1 unspecified atom stereocenters. The molecule has 1 atom stereocenters. The van der Waals surface area contributed by atoms with Gasteiger partial charge in [-0.05, 0) is 43.6 Å². The molecule has 0 aliphatic carbocycles. The second-order valence-electron chi connectivity index (χ2n) is 7.75. The molecule has 5 heteroatoms. The Balaban J connectivity index is 1.61. The lowest BCUT2D eigenvalue weighted by atomic mass is 9.94. The van der Waals surface area contributed by atoms with Crippen LogP contribution in [0.4, 0.5) is 11.4 Å². The van der Waals surface area contributed by atoms with E-state index in [1.54, 1.807) is 0 Å². The summed E-state index contributed by atoms with van der Waals surface area (Å²) in [6.07, 6.45) is 4.83. The van der Waals surface area contributed by atoms with Crippen LogP contribution in [0.15, 0.2) is 71.9 Å². The Morgan fingerprint density at radius 1 is 1.03 bits per heavy atom. The van der Waals surface area contributed by atoms with E-state index in [4.69, 9.17) is 4.99 Å². The minimum atomic E-state index is -0.225. The predicted octanol–water partition coefficient (Wildman–Crippen LogP) is 4.43. The Morgan fingerprint density at radius 2 is 1.72 bits per heavy atom. The zero-order valence-electron chi connectivity index (χ0n) is 16.7. The Hall–Kier alpha value is -2.92. The van der Waals surface area contributed by atoms with Gasteiger partial charge < -0.3 is 10.6 Å². The summed E-state index contributed by atoms with van der Waals surface area (Å²) in [6, 6.07) is 17.9. The molecule has 29 heavy (non-hydrogen) atoms. The van der Waals surface area contributed by atoms with Crippen molar-refractivity contribution in [2.75, 3.05) is 25.0 Å². The van der Waals surface area contributed by atoms with Crippen LogP contribution in [-0.4, -0.2) is 36.3 Å². The number of anilines is 1. The number of hydrogen-bond donors (Lipinski definition) is 2. The molecule has 2 N–H and O–H groups in total. The number of carbonyl (C=O) groups excluding carboxylic acids is 1. The van der Waals surface area contributed by atoms with E-state index in [0.29, 0.717) is 12.4 Å². The van der Waals surface area contributed by atoms with Crippen molar-refractivity contribution in [1.82, 2.24) is 10.2 Å². The van der Waals surface area contributed by atoms with E-state index in [-0.39, 0.29) is 11.8 Å². The maximum atomic E-state index is 12.9. The molecule has 0 radical (unpaired) electrons. The van der Waals surface area contributed by atoms with Crippen LogP contribution in [0.3, 0.4) is 0 Å². The second kappa shape index (κ2) is 9.05. The van der Waals surface area contributed by atoms with Crippen LogP contribution in [0.25, 0.3) is 0 Å². The van der Waals surface area contributed by atoms with E-state index < -0.39 is 0 Å². The van der Waals surface area contributed by atoms with Gasteiger partial charge in [-0.25, -0.2) is 4.99 Å². The Bertz CT molecular complexity index is 898. The fraction of sp³-hybridized carbons (Fsp3) is 0.333. The fourth-order valence-electron chi connectivity index (χ4n) is 4.07. The third-order valence-corrected chi connectivity index (χ3v) is 5.53. The Morgan fingerprint density at radius 3 is 2.48 bits per heavy atom. The quantitative estimate of drug-likeness (QED) is 0.818. The van der Waals surface area contributed by atoms with Crippen molar-refractivity contribution in [3.63, 3.8) is 0 Å². The van der Waals surface area contributed by atoms with Crippen molar-refractivity contribution < 1.29 is 4.79 Å². The lowest BCUT2D eigenvalue weighted by Gasteiger charge is -2.23. The van der Waals surface area contributed by atoms with Crippen LogP contribution in [0.5, 0.6) is 0 Å². The number of hydrogen-bond acceptors (Lipinski definition) is 4. The van der Waals surface area contributed by atoms with Crippen molar-refractivity contribution in [2.45, 2.75) is 31.6 Å². The average Bonchev–Trinajstić information content (AvgIpc) is 3.05. The zero-order chi connectivity index (χ0) is 20.1. The number of amidine groups is 1. The smallest absolute Gasteiger partial charge is 0.239 e. The Kier molecular flexibility index (Phi) is 6.06. The van der Waals surface area contributed by atoms with Crippen molar-refractivity contribution >= 4 is 23.1 Å². The average molecular weight is 389 g/mol. The number of likely N-dealkylation sites (tertiary alicyclic amines) is 1. The van der Waals surface area contributed by atoms with Crippen LogP contribution in [0, 0.1) is 0 Å². The molecule has 2 aromatic carbocycles. The molecule has 0 aromatic heterocycles. The fourth-order valence-corrected chi connectivity index (χ4v) is 4.07. The summed E-state index contributed by atoms with van der Waals surface area (Å²) in [4.78, 5) is 20.0. The first-order chi connectivity index (χ1) is 14.2. The minimum absolute atomic E-state index is 0.0150. The van der Waals surface area contributed by atoms with Crippen LogP contribution < -0.4 is 10.6 Å². The van der Waals surface area contributed by atoms with Gasteiger partial charge in [-0.3, -0.25) is 9.69 Å². The van der Waals surface area contributed by atoms with Gasteiger partial charge >= 0.3 is 0 Å². The standard InChI is InChI=1S/C24H28N4O/c1-18-23(19-11-5-4-6-12-19)24(26-21-14-8-7-13-20(21)25-18)27-22(29)17-28-15-9-2-3-10-16-28/h4-8,11-14,23,25H,1-3,9-10,15-17H2,(H,26,27,29). The van der Waals surface area contributed by atoms with Crippen LogP contribution >= 0.6 is 0 Å². The highest BCUT2D eigenvalue weighted by Gasteiger charge is 2.27. The Labute approximate surface area is 172 Å². The minimum Gasteiger partial charge on any atom is -0.357 e. The molecule has 4 rings (SSSR count).